The fourth-order valence-electron chi connectivity index (χ4n) is 2.35. The average Bonchev–Trinajstić information content (AvgIpc) is 2.95. The third kappa shape index (κ3) is 4.31. The Balaban J connectivity index is 2.01. The maximum atomic E-state index is 5.88. The molecule has 5 nitrogen and oxygen atoms in total. The molecule has 0 unspecified atom stereocenters. The van der Waals surface area contributed by atoms with E-state index >= 15 is 0 Å². The van der Waals surface area contributed by atoms with E-state index in [1.807, 2.05) is 16.8 Å². The maximum Gasteiger partial charge on any atom is 0.132 e. The number of hydrogen-bond donors (Lipinski definition) is 1. The average molecular weight is 302 g/mol. The fourth-order valence-corrected chi connectivity index (χ4v) is 2.35. The van der Waals surface area contributed by atoms with Crippen molar-refractivity contribution in [3.8, 4) is 5.75 Å². The van der Waals surface area contributed by atoms with E-state index in [4.69, 9.17) is 10.5 Å². The molecule has 5 heteroatoms. The number of ether oxygens (including phenoxy) is 1. The summed E-state index contributed by atoms with van der Waals surface area (Å²) in [4.78, 5) is 0. The van der Waals surface area contributed by atoms with Gasteiger partial charge in [-0.1, -0.05) is 44.0 Å². The summed E-state index contributed by atoms with van der Waals surface area (Å²) >= 11 is 0. The van der Waals surface area contributed by atoms with Gasteiger partial charge in [0.1, 0.15) is 23.7 Å². The normalized spacial score (nSPS) is 10.9. The molecule has 2 aromatic rings. The van der Waals surface area contributed by atoms with Gasteiger partial charge in [0, 0.05) is 13.1 Å². The number of benzene rings is 1. The number of hydrogen-bond acceptors (Lipinski definition) is 4. The number of rotatable bonds is 9. The van der Waals surface area contributed by atoms with Gasteiger partial charge in [-0.05, 0) is 30.5 Å². The van der Waals surface area contributed by atoms with Crippen molar-refractivity contribution in [2.24, 2.45) is 5.73 Å². The Morgan fingerprint density at radius 3 is 2.55 bits per heavy atom. The molecule has 0 amide bonds. The topological polar surface area (TPSA) is 66.0 Å². The summed E-state index contributed by atoms with van der Waals surface area (Å²) in [6.07, 6.45) is 4.51. The zero-order valence-corrected chi connectivity index (χ0v) is 13.6. The molecule has 0 atom stereocenters. The first-order valence-electron chi connectivity index (χ1n) is 8.11. The van der Waals surface area contributed by atoms with Crippen LogP contribution in [0.25, 0.3) is 0 Å². The van der Waals surface area contributed by atoms with Gasteiger partial charge in [0.05, 0.1) is 0 Å². The summed E-state index contributed by atoms with van der Waals surface area (Å²) in [6, 6.07) is 8.20. The molecule has 120 valence electrons. The smallest absolute Gasteiger partial charge is 0.132 e. The third-order valence-corrected chi connectivity index (χ3v) is 3.79. The highest BCUT2D eigenvalue weighted by Crippen LogP contribution is 2.16. The van der Waals surface area contributed by atoms with Crippen molar-refractivity contribution in [2.75, 3.05) is 0 Å². The van der Waals surface area contributed by atoms with E-state index in [-0.39, 0.29) is 0 Å². The van der Waals surface area contributed by atoms with Crippen LogP contribution in [0.5, 0.6) is 5.75 Å². The van der Waals surface area contributed by atoms with Crippen molar-refractivity contribution in [3.63, 3.8) is 0 Å². The monoisotopic (exact) mass is 302 g/mol. The minimum absolute atomic E-state index is 0.390. The van der Waals surface area contributed by atoms with Crippen LogP contribution in [0.4, 0.5) is 0 Å². The predicted molar refractivity (Wildman–Crippen MR) is 87.6 cm³/mol. The summed E-state index contributed by atoms with van der Waals surface area (Å²) in [5, 5.41) is 8.37. The first kappa shape index (κ1) is 16.5. The van der Waals surface area contributed by atoms with Crippen molar-refractivity contribution < 1.29 is 4.74 Å². The number of unbranched alkanes of at least 4 members (excludes halogenated alkanes) is 2. The lowest BCUT2D eigenvalue weighted by Crippen LogP contribution is -2.11. The van der Waals surface area contributed by atoms with E-state index in [0.717, 1.165) is 36.5 Å². The molecule has 0 aliphatic rings. The molecule has 0 radical (unpaired) electrons. The summed E-state index contributed by atoms with van der Waals surface area (Å²) in [5.74, 6) is 0.862. The van der Waals surface area contributed by atoms with E-state index in [0.29, 0.717) is 13.2 Å². The van der Waals surface area contributed by atoms with Crippen LogP contribution in [0, 0.1) is 0 Å². The summed E-state index contributed by atoms with van der Waals surface area (Å²) in [7, 11) is 0. The van der Waals surface area contributed by atoms with Crippen LogP contribution in [0.3, 0.4) is 0 Å². The quantitative estimate of drug-likeness (QED) is 0.723. The van der Waals surface area contributed by atoms with Crippen LogP contribution in [0.2, 0.25) is 0 Å². The molecular weight excluding hydrogens is 276 g/mol. The van der Waals surface area contributed by atoms with Gasteiger partial charge in [-0.25, -0.2) is 4.68 Å². The molecule has 0 spiro atoms. The second kappa shape index (κ2) is 8.54. The molecule has 2 N–H and O–H groups in total. The minimum atomic E-state index is 0.390. The second-order valence-electron chi connectivity index (χ2n) is 5.40. The second-order valence-corrected chi connectivity index (χ2v) is 5.40. The highest BCUT2D eigenvalue weighted by atomic mass is 16.5. The van der Waals surface area contributed by atoms with Crippen LogP contribution < -0.4 is 10.5 Å². The van der Waals surface area contributed by atoms with E-state index in [9.17, 15) is 0 Å². The number of nitrogens with two attached hydrogens (primary N) is 1. The van der Waals surface area contributed by atoms with Crippen molar-refractivity contribution in [1.29, 1.82) is 0 Å². The first-order chi connectivity index (χ1) is 10.8. The Morgan fingerprint density at radius 1 is 1.14 bits per heavy atom. The summed E-state index contributed by atoms with van der Waals surface area (Å²) in [6.45, 7) is 6.05. The zero-order valence-electron chi connectivity index (χ0n) is 13.6. The molecule has 0 bridgehead atoms. The molecule has 0 saturated heterocycles. The largest absolute Gasteiger partial charge is 0.487 e. The van der Waals surface area contributed by atoms with E-state index in [1.165, 1.54) is 18.4 Å². The molecule has 0 fully saturated rings. The Bertz CT molecular complexity index is 563. The van der Waals surface area contributed by atoms with Gasteiger partial charge in [0.2, 0.25) is 0 Å². The number of nitrogens with zero attached hydrogens (tertiary/aromatic N) is 3. The Labute approximate surface area is 132 Å². The van der Waals surface area contributed by atoms with Crippen molar-refractivity contribution in [3.05, 3.63) is 41.2 Å². The molecule has 22 heavy (non-hydrogen) atoms. The van der Waals surface area contributed by atoms with Crippen LogP contribution in [0.15, 0.2) is 24.3 Å². The predicted octanol–water partition coefficient (Wildman–Crippen LogP) is 3.07. The Morgan fingerprint density at radius 2 is 1.91 bits per heavy atom. The van der Waals surface area contributed by atoms with Gasteiger partial charge >= 0.3 is 0 Å². The summed E-state index contributed by atoms with van der Waals surface area (Å²) < 4.78 is 7.81. The molecule has 0 aliphatic carbocycles. The van der Waals surface area contributed by atoms with Gasteiger partial charge in [-0.3, -0.25) is 0 Å². The highest BCUT2D eigenvalue weighted by Gasteiger charge is 2.12. The molecule has 1 heterocycles. The van der Waals surface area contributed by atoms with Gasteiger partial charge in [-0.15, -0.1) is 5.10 Å². The zero-order chi connectivity index (χ0) is 15.8. The van der Waals surface area contributed by atoms with Crippen LogP contribution in [0.1, 0.15) is 50.1 Å². The van der Waals surface area contributed by atoms with Crippen molar-refractivity contribution in [1.82, 2.24) is 15.0 Å². The lowest BCUT2D eigenvalue weighted by molar-refractivity contribution is 0.289. The highest BCUT2D eigenvalue weighted by molar-refractivity contribution is 5.27. The molecule has 0 aliphatic heterocycles. The lowest BCUT2D eigenvalue weighted by atomic mass is 10.2. The van der Waals surface area contributed by atoms with Gasteiger partial charge < -0.3 is 10.5 Å². The molecule has 1 aromatic heterocycles. The SMILES string of the molecule is CCCCCn1nnc(CN)c1COc1ccc(CC)cc1. The first-order valence-corrected chi connectivity index (χ1v) is 8.11. The van der Waals surface area contributed by atoms with Gasteiger partial charge in [-0.2, -0.15) is 0 Å². The number of aromatic nitrogens is 3. The molecular formula is C17H26N4O. The fraction of sp³-hybridized carbons (Fsp3) is 0.529. The minimum Gasteiger partial charge on any atom is -0.487 e. The van der Waals surface area contributed by atoms with E-state index < -0.39 is 0 Å². The van der Waals surface area contributed by atoms with Crippen molar-refractivity contribution in [2.45, 2.75) is 59.2 Å². The van der Waals surface area contributed by atoms with Gasteiger partial charge in [0.25, 0.3) is 0 Å². The third-order valence-electron chi connectivity index (χ3n) is 3.79. The van der Waals surface area contributed by atoms with Crippen LogP contribution >= 0.6 is 0 Å². The molecule has 1 aromatic carbocycles. The molecule has 2 rings (SSSR count). The Hall–Kier alpha value is -1.88. The Kier molecular flexibility index (Phi) is 6.40. The standard InChI is InChI=1S/C17H26N4O/c1-3-5-6-11-21-17(16(12-18)19-20-21)13-22-15-9-7-14(4-2)8-10-15/h7-10H,3-6,11-13,18H2,1-2H3. The van der Waals surface area contributed by atoms with Crippen molar-refractivity contribution >= 4 is 0 Å². The van der Waals surface area contributed by atoms with E-state index in [1.54, 1.807) is 0 Å². The van der Waals surface area contributed by atoms with Crippen LogP contribution in [-0.4, -0.2) is 15.0 Å². The van der Waals surface area contributed by atoms with Gasteiger partial charge in [0.15, 0.2) is 0 Å². The number of aryl methyl sites for hydroxylation is 2. The lowest BCUT2D eigenvalue weighted by Gasteiger charge is -2.10. The summed E-state index contributed by atoms with van der Waals surface area (Å²) in [5.41, 5.74) is 8.87. The van der Waals surface area contributed by atoms with Crippen LogP contribution in [-0.2, 0) is 26.1 Å². The maximum absolute atomic E-state index is 5.88. The van der Waals surface area contributed by atoms with E-state index in [2.05, 4.69) is 36.3 Å². The molecule has 0 saturated carbocycles.